The van der Waals surface area contributed by atoms with Crippen LogP contribution in [0.1, 0.15) is 72.6 Å². The summed E-state index contributed by atoms with van der Waals surface area (Å²) >= 11 is 0. The Morgan fingerprint density at radius 3 is 2.60 bits per heavy atom. The molecule has 0 aromatic heterocycles. The molecule has 0 unspecified atom stereocenters. The Kier molecular flexibility index (Phi) is 3.94. The molecule has 4 aliphatic carbocycles. The molecule has 3 saturated carbocycles. The minimum absolute atomic E-state index is 0.0651. The van der Waals surface area contributed by atoms with Crippen LogP contribution in [0.2, 0.25) is 0 Å². The number of carbonyl (C=O) groups excluding carboxylic acids is 2. The van der Waals surface area contributed by atoms with Crippen molar-refractivity contribution in [2.45, 2.75) is 78.7 Å². The van der Waals surface area contributed by atoms with Crippen molar-refractivity contribution in [1.82, 2.24) is 0 Å². The Hall–Kier alpha value is -1.12. The largest absolute Gasteiger partial charge is 0.462 e. The van der Waals surface area contributed by atoms with E-state index in [1.54, 1.807) is 0 Å². The SMILES string of the molecule is CC(=O)O[C@H]1CC[C@@]2(C)C(=CC[C@H]3[C@H]2CC[C@]2(C)C(=O)[C@@H](C)C[C@H]32)C1. The molecule has 0 saturated heterocycles. The average molecular weight is 344 g/mol. The second-order valence-electron chi connectivity index (χ2n) is 9.69. The minimum Gasteiger partial charge on any atom is -0.462 e. The molecule has 138 valence electrons. The first kappa shape index (κ1) is 17.3. The summed E-state index contributed by atoms with van der Waals surface area (Å²) in [7, 11) is 0. The van der Waals surface area contributed by atoms with Crippen molar-refractivity contribution in [2.75, 3.05) is 0 Å². The molecular weight excluding hydrogens is 312 g/mol. The van der Waals surface area contributed by atoms with Gasteiger partial charge in [-0.05, 0) is 61.7 Å². The third kappa shape index (κ3) is 2.44. The second kappa shape index (κ2) is 5.69. The number of rotatable bonds is 1. The molecule has 4 rings (SSSR count). The lowest BCUT2D eigenvalue weighted by atomic mass is 9.48. The van der Waals surface area contributed by atoms with Gasteiger partial charge in [0.2, 0.25) is 0 Å². The second-order valence-corrected chi connectivity index (χ2v) is 9.69. The number of allylic oxidation sites excluding steroid dienone is 1. The van der Waals surface area contributed by atoms with Gasteiger partial charge in [0.15, 0.2) is 0 Å². The zero-order chi connectivity index (χ0) is 18.0. The zero-order valence-corrected chi connectivity index (χ0v) is 16.1. The number of ether oxygens (including phenoxy) is 1. The van der Waals surface area contributed by atoms with Gasteiger partial charge >= 0.3 is 5.97 Å². The van der Waals surface area contributed by atoms with Crippen molar-refractivity contribution in [3.63, 3.8) is 0 Å². The summed E-state index contributed by atoms with van der Waals surface area (Å²) in [4.78, 5) is 24.1. The lowest BCUT2D eigenvalue weighted by Gasteiger charge is -2.56. The molecule has 7 atom stereocenters. The predicted molar refractivity (Wildman–Crippen MR) is 96.8 cm³/mol. The summed E-state index contributed by atoms with van der Waals surface area (Å²) < 4.78 is 5.51. The van der Waals surface area contributed by atoms with E-state index in [0.29, 0.717) is 23.5 Å². The van der Waals surface area contributed by atoms with Crippen LogP contribution in [0, 0.1) is 34.5 Å². The van der Waals surface area contributed by atoms with E-state index in [9.17, 15) is 9.59 Å². The van der Waals surface area contributed by atoms with E-state index in [2.05, 4.69) is 26.8 Å². The highest BCUT2D eigenvalue weighted by atomic mass is 16.5. The van der Waals surface area contributed by atoms with Crippen LogP contribution in [0.5, 0.6) is 0 Å². The summed E-state index contributed by atoms with van der Waals surface area (Å²) in [6.45, 7) is 8.34. The molecule has 0 bridgehead atoms. The van der Waals surface area contributed by atoms with Gasteiger partial charge in [0, 0.05) is 24.7 Å². The van der Waals surface area contributed by atoms with Crippen molar-refractivity contribution in [2.24, 2.45) is 34.5 Å². The summed E-state index contributed by atoms with van der Waals surface area (Å²) in [6.07, 6.45) is 9.98. The summed E-state index contributed by atoms with van der Waals surface area (Å²) in [6, 6.07) is 0. The van der Waals surface area contributed by atoms with Gasteiger partial charge < -0.3 is 4.74 Å². The number of esters is 1. The monoisotopic (exact) mass is 344 g/mol. The van der Waals surface area contributed by atoms with Crippen molar-refractivity contribution < 1.29 is 14.3 Å². The van der Waals surface area contributed by atoms with Crippen LogP contribution in [-0.4, -0.2) is 17.9 Å². The van der Waals surface area contributed by atoms with Gasteiger partial charge in [-0.1, -0.05) is 32.4 Å². The maximum absolute atomic E-state index is 12.8. The fourth-order valence-electron chi connectivity index (χ4n) is 7.07. The van der Waals surface area contributed by atoms with E-state index in [4.69, 9.17) is 4.74 Å². The molecular formula is C22H32O3. The maximum Gasteiger partial charge on any atom is 0.302 e. The summed E-state index contributed by atoms with van der Waals surface area (Å²) in [5.41, 5.74) is 1.69. The van der Waals surface area contributed by atoms with Crippen molar-refractivity contribution in [3.05, 3.63) is 11.6 Å². The molecule has 0 spiro atoms. The standard InChI is InChI=1S/C22H32O3/c1-13-11-19-17-6-5-15-12-16(25-14(2)23)7-9-21(15,3)18(17)8-10-22(19,4)20(13)24/h5,13,16-19H,6-12H2,1-4H3/t13-,16-,17-,18+,19+,21-,22-/m0/s1. The summed E-state index contributed by atoms with van der Waals surface area (Å²) in [5, 5.41) is 0. The van der Waals surface area contributed by atoms with Gasteiger partial charge in [-0.2, -0.15) is 0 Å². The highest BCUT2D eigenvalue weighted by Crippen LogP contribution is 2.64. The van der Waals surface area contributed by atoms with Crippen LogP contribution in [0.25, 0.3) is 0 Å². The fraction of sp³-hybridized carbons (Fsp3) is 0.818. The number of hydrogen-bond donors (Lipinski definition) is 0. The van der Waals surface area contributed by atoms with Gasteiger partial charge in [-0.15, -0.1) is 0 Å². The molecule has 0 radical (unpaired) electrons. The third-order valence-electron chi connectivity index (χ3n) is 8.40. The number of ketones is 1. The van der Waals surface area contributed by atoms with Gasteiger partial charge in [-0.3, -0.25) is 9.59 Å². The van der Waals surface area contributed by atoms with E-state index in [0.717, 1.165) is 38.5 Å². The molecule has 0 N–H and O–H groups in total. The molecule has 0 aromatic rings. The first-order valence-electron chi connectivity index (χ1n) is 10.2. The Morgan fingerprint density at radius 2 is 1.88 bits per heavy atom. The number of fused-ring (bicyclic) bond motifs is 5. The van der Waals surface area contributed by atoms with E-state index in [-0.39, 0.29) is 28.8 Å². The highest BCUT2D eigenvalue weighted by molar-refractivity contribution is 5.89. The molecule has 3 heteroatoms. The Bertz CT molecular complexity index is 635. The normalized spacial score (nSPS) is 48.9. The van der Waals surface area contributed by atoms with E-state index < -0.39 is 0 Å². The number of Topliss-reactive ketones (excluding diaryl/α,β-unsaturated/α-hetero) is 1. The van der Waals surface area contributed by atoms with E-state index >= 15 is 0 Å². The van der Waals surface area contributed by atoms with Crippen LogP contribution >= 0.6 is 0 Å². The molecule has 3 fully saturated rings. The van der Waals surface area contributed by atoms with Crippen molar-refractivity contribution in [3.8, 4) is 0 Å². The van der Waals surface area contributed by atoms with Crippen LogP contribution in [0.15, 0.2) is 11.6 Å². The molecule has 4 aliphatic rings. The van der Waals surface area contributed by atoms with E-state index in [1.165, 1.54) is 18.9 Å². The molecule has 0 amide bonds. The van der Waals surface area contributed by atoms with Crippen LogP contribution in [-0.2, 0) is 14.3 Å². The molecule has 0 aromatic carbocycles. The Morgan fingerprint density at radius 1 is 1.16 bits per heavy atom. The summed E-state index contributed by atoms with van der Waals surface area (Å²) in [5.74, 6) is 2.53. The molecule has 0 heterocycles. The van der Waals surface area contributed by atoms with Gasteiger partial charge in [0.05, 0.1) is 0 Å². The van der Waals surface area contributed by atoms with Gasteiger partial charge in [-0.25, -0.2) is 0 Å². The number of carbonyl (C=O) groups is 2. The topological polar surface area (TPSA) is 43.4 Å². The van der Waals surface area contributed by atoms with Crippen LogP contribution < -0.4 is 0 Å². The van der Waals surface area contributed by atoms with Crippen molar-refractivity contribution in [1.29, 1.82) is 0 Å². The predicted octanol–water partition coefficient (Wildman–Crippen LogP) is 4.70. The maximum atomic E-state index is 12.8. The molecule has 0 aliphatic heterocycles. The van der Waals surface area contributed by atoms with Crippen LogP contribution in [0.4, 0.5) is 0 Å². The number of hydrogen-bond acceptors (Lipinski definition) is 3. The average Bonchev–Trinajstić information content (AvgIpc) is 2.78. The van der Waals surface area contributed by atoms with E-state index in [1.807, 2.05) is 0 Å². The zero-order valence-electron chi connectivity index (χ0n) is 16.1. The fourth-order valence-corrected chi connectivity index (χ4v) is 7.07. The smallest absolute Gasteiger partial charge is 0.302 e. The highest BCUT2D eigenvalue weighted by Gasteiger charge is 2.60. The van der Waals surface area contributed by atoms with Crippen molar-refractivity contribution >= 4 is 11.8 Å². The lowest BCUT2D eigenvalue weighted by molar-refractivity contribution is -0.148. The van der Waals surface area contributed by atoms with Gasteiger partial charge in [0.25, 0.3) is 0 Å². The minimum atomic E-state index is -0.158. The molecule has 3 nitrogen and oxygen atoms in total. The first-order valence-corrected chi connectivity index (χ1v) is 10.2. The lowest BCUT2D eigenvalue weighted by Crippen LogP contribution is -2.50. The van der Waals surface area contributed by atoms with Crippen LogP contribution in [0.3, 0.4) is 0 Å². The first-order chi connectivity index (χ1) is 11.8. The Balaban J connectivity index is 1.61. The molecule has 25 heavy (non-hydrogen) atoms. The third-order valence-corrected chi connectivity index (χ3v) is 8.40. The Labute approximate surface area is 151 Å². The quantitative estimate of drug-likeness (QED) is 0.512. The van der Waals surface area contributed by atoms with Gasteiger partial charge in [0.1, 0.15) is 11.9 Å².